The molecule has 150 valence electrons. The van der Waals surface area contributed by atoms with Crippen molar-refractivity contribution >= 4 is 17.5 Å². The summed E-state index contributed by atoms with van der Waals surface area (Å²) in [6, 6.07) is 11.2. The number of nitrogens with one attached hydrogen (secondary N) is 2. The summed E-state index contributed by atoms with van der Waals surface area (Å²) < 4.78 is 10.5. The Hall–Kier alpha value is -3.02. The van der Waals surface area contributed by atoms with Gasteiger partial charge < -0.3 is 20.1 Å². The van der Waals surface area contributed by atoms with Crippen molar-refractivity contribution in [3.8, 4) is 11.5 Å². The van der Waals surface area contributed by atoms with Crippen molar-refractivity contribution in [3.63, 3.8) is 0 Å². The van der Waals surface area contributed by atoms with Gasteiger partial charge in [-0.25, -0.2) is 0 Å². The Bertz CT molecular complexity index is 875. The van der Waals surface area contributed by atoms with Gasteiger partial charge in [-0.05, 0) is 62.6 Å². The highest BCUT2D eigenvalue weighted by molar-refractivity contribution is 6.10. The molecule has 0 saturated heterocycles. The maximum absolute atomic E-state index is 12.7. The summed E-state index contributed by atoms with van der Waals surface area (Å²) in [6.45, 7) is 7.36. The second kappa shape index (κ2) is 8.78. The van der Waals surface area contributed by atoms with Crippen molar-refractivity contribution in [3.05, 3.63) is 53.1 Å². The van der Waals surface area contributed by atoms with Crippen LogP contribution in [0.4, 0.5) is 5.69 Å². The molecule has 2 N–H and O–H groups in total. The zero-order chi connectivity index (χ0) is 20.9. The van der Waals surface area contributed by atoms with E-state index in [1.807, 2.05) is 38.1 Å². The Balaban J connectivity index is 2.05. The van der Waals surface area contributed by atoms with E-state index < -0.39 is 5.41 Å². The largest absolute Gasteiger partial charge is 0.493 e. The molecule has 2 aromatic carbocycles. The third-order valence-electron chi connectivity index (χ3n) is 4.68. The molecule has 0 bridgehead atoms. The first-order chi connectivity index (χ1) is 13.2. The van der Waals surface area contributed by atoms with Crippen LogP contribution in [-0.2, 0) is 16.1 Å². The summed E-state index contributed by atoms with van der Waals surface area (Å²) in [4.78, 5) is 25.4. The smallest absolute Gasteiger partial charge is 0.239 e. The van der Waals surface area contributed by atoms with E-state index in [0.29, 0.717) is 17.2 Å². The number of hydrogen-bond acceptors (Lipinski definition) is 4. The molecule has 6 heteroatoms. The van der Waals surface area contributed by atoms with E-state index in [1.165, 1.54) is 0 Å². The molecule has 28 heavy (non-hydrogen) atoms. The maximum Gasteiger partial charge on any atom is 0.239 e. The number of ether oxygens (including phenoxy) is 2. The van der Waals surface area contributed by atoms with Gasteiger partial charge in [-0.3, -0.25) is 9.59 Å². The first-order valence-electron chi connectivity index (χ1n) is 9.07. The van der Waals surface area contributed by atoms with E-state index in [9.17, 15) is 9.59 Å². The highest BCUT2D eigenvalue weighted by Crippen LogP contribution is 2.28. The number of amides is 2. The number of methoxy groups -OCH3 is 2. The molecular formula is C22H28N2O4. The number of hydrogen-bond donors (Lipinski definition) is 2. The lowest BCUT2D eigenvalue weighted by molar-refractivity contribution is -0.138. The third-order valence-corrected chi connectivity index (χ3v) is 4.68. The van der Waals surface area contributed by atoms with Crippen LogP contribution in [0.3, 0.4) is 0 Å². The molecule has 0 unspecified atom stereocenters. The van der Waals surface area contributed by atoms with E-state index in [-0.39, 0.29) is 18.4 Å². The van der Waals surface area contributed by atoms with Crippen LogP contribution in [0.5, 0.6) is 11.5 Å². The fraction of sp³-hybridized carbons (Fsp3) is 0.364. The number of carbonyl (C=O) groups is 2. The number of aryl methyl sites for hydroxylation is 2. The second-order valence-electron chi connectivity index (χ2n) is 7.27. The zero-order valence-electron chi connectivity index (χ0n) is 17.3. The predicted molar refractivity (Wildman–Crippen MR) is 110 cm³/mol. The van der Waals surface area contributed by atoms with Gasteiger partial charge in [0.25, 0.3) is 0 Å². The lowest BCUT2D eigenvalue weighted by Crippen LogP contribution is -2.45. The monoisotopic (exact) mass is 384 g/mol. The molecule has 6 nitrogen and oxygen atoms in total. The fourth-order valence-corrected chi connectivity index (χ4v) is 2.65. The van der Waals surface area contributed by atoms with Crippen LogP contribution in [0.1, 0.15) is 30.5 Å². The topological polar surface area (TPSA) is 76.7 Å². The first-order valence-corrected chi connectivity index (χ1v) is 9.07. The first kappa shape index (κ1) is 21.3. The molecule has 0 saturated carbocycles. The van der Waals surface area contributed by atoms with Gasteiger partial charge in [0.15, 0.2) is 11.5 Å². The van der Waals surface area contributed by atoms with Gasteiger partial charge in [-0.2, -0.15) is 0 Å². The minimum atomic E-state index is -1.23. The van der Waals surface area contributed by atoms with Crippen LogP contribution in [-0.4, -0.2) is 26.0 Å². The van der Waals surface area contributed by atoms with Gasteiger partial charge in [0.1, 0.15) is 5.41 Å². The molecule has 0 aromatic heterocycles. The normalized spacial score (nSPS) is 10.9. The van der Waals surface area contributed by atoms with Gasteiger partial charge in [0.2, 0.25) is 11.8 Å². The van der Waals surface area contributed by atoms with Gasteiger partial charge in [-0.1, -0.05) is 18.2 Å². The van der Waals surface area contributed by atoms with Crippen LogP contribution in [0.25, 0.3) is 0 Å². The van der Waals surface area contributed by atoms with Crippen LogP contribution < -0.4 is 20.1 Å². The fourth-order valence-electron chi connectivity index (χ4n) is 2.65. The molecule has 0 atom stereocenters. The summed E-state index contributed by atoms with van der Waals surface area (Å²) in [5.74, 6) is 0.489. The Morgan fingerprint density at radius 2 is 1.61 bits per heavy atom. The molecule has 2 amide bonds. The predicted octanol–water partition coefficient (Wildman–Crippen LogP) is 3.60. The maximum atomic E-state index is 12.7. The number of rotatable bonds is 7. The molecule has 0 heterocycles. The molecule has 0 aliphatic rings. The van der Waals surface area contributed by atoms with E-state index in [0.717, 1.165) is 16.7 Å². The second-order valence-corrected chi connectivity index (χ2v) is 7.27. The minimum Gasteiger partial charge on any atom is -0.493 e. The SMILES string of the molecule is COc1ccc(CNC(=O)C(C)(C)C(=O)Nc2cc(C)ccc2C)cc1OC. The Kier molecular flexibility index (Phi) is 6.67. The van der Waals surface area contributed by atoms with E-state index in [1.54, 1.807) is 40.2 Å². The van der Waals surface area contributed by atoms with E-state index in [2.05, 4.69) is 10.6 Å². The van der Waals surface area contributed by atoms with Crippen LogP contribution in [0, 0.1) is 19.3 Å². The minimum absolute atomic E-state index is 0.277. The summed E-state index contributed by atoms with van der Waals surface area (Å²) in [5, 5.41) is 5.69. The van der Waals surface area contributed by atoms with Crippen molar-refractivity contribution < 1.29 is 19.1 Å². The summed E-state index contributed by atoms with van der Waals surface area (Å²) in [6.07, 6.45) is 0. The van der Waals surface area contributed by atoms with Gasteiger partial charge >= 0.3 is 0 Å². The van der Waals surface area contributed by atoms with Crippen LogP contribution in [0.2, 0.25) is 0 Å². The molecular weight excluding hydrogens is 356 g/mol. The van der Waals surface area contributed by atoms with Crippen molar-refractivity contribution in [1.82, 2.24) is 5.32 Å². The van der Waals surface area contributed by atoms with Gasteiger partial charge in [0.05, 0.1) is 14.2 Å². The molecule has 0 aliphatic carbocycles. The molecule has 0 aliphatic heterocycles. The summed E-state index contributed by atoms with van der Waals surface area (Å²) in [5.41, 5.74) is 2.31. The van der Waals surface area contributed by atoms with Crippen molar-refractivity contribution in [2.24, 2.45) is 5.41 Å². The van der Waals surface area contributed by atoms with Gasteiger partial charge in [-0.15, -0.1) is 0 Å². The van der Waals surface area contributed by atoms with Crippen molar-refractivity contribution in [1.29, 1.82) is 0 Å². The molecule has 2 aromatic rings. The lowest BCUT2D eigenvalue weighted by Gasteiger charge is -2.23. The average Bonchev–Trinajstić information content (AvgIpc) is 2.68. The molecule has 2 rings (SSSR count). The van der Waals surface area contributed by atoms with Crippen LogP contribution in [0.15, 0.2) is 36.4 Å². The van der Waals surface area contributed by atoms with Crippen molar-refractivity contribution in [2.75, 3.05) is 19.5 Å². The Morgan fingerprint density at radius 1 is 0.929 bits per heavy atom. The molecule has 0 fully saturated rings. The van der Waals surface area contributed by atoms with Crippen molar-refractivity contribution in [2.45, 2.75) is 34.2 Å². The summed E-state index contributed by atoms with van der Waals surface area (Å²) in [7, 11) is 3.12. The van der Waals surface area contributed by atoms with E-state index >= 15 is 0 Å². The number of anilines is 1. The highest BCUT2D eigenvalue weighted by atomic mass is 16.5. The van der Waals surface area contributed by atoms with Gasteiger partial charge in [0, 0.05) is 12.2 Å². The lowest BCUT2D eigenvalue weighted by atomic mass is 9.90. The van der Waals surface area contributed by atoms with Crippen LogP contribution >= 0.6 is 0 Å². The quantitative estimate of drug-likeness (QED) is 0.715. The zero-order valence-corrected chi connectivity index (χ0v) is 17.3. The number of benzene rings is 2. The molecule has 0 radical (unpaired) electrons. The third kappa shape index (κ3) is 4.82. The summed E-state index contributed by atoms with van der Waals surface area (Å²) >= 11 is 0. The Morgan fingerprint density at radius 3 is 2.25 bits per heavy atom. The standard InChI is InChI=1S/C22H28N2O4/c1-14-7-8-15(2)17(11-14)24-21(26)22(3,4)20(25)23-13-16-9-10-18(27-5)19(12-16)28-6/h7-12H,13H2,1-6H3,(H,23,25)(H,24,26). The highest BCUT2D eigenvalue weighted by Gasteiger charge is 2.36. The number of carbonyl (C=O) groups excluding carboxylic acids is 2. The van der Waals surface area contributed by atoms with E-state index in [4.69, 9.17) is 9.47 Å². The molecule has 0 spiro atoms. The average molecular weight is 384 g/mol. The Labute approximate surface area is 166 Å².